The zero-order valence-corrected chi connectivity index (χ0v) is 6.23. The molecule has 1 radical (unpaired) electrons. The Morgan fingerprint density at radius 2 is 2.30 bits per heavy atom. The molecule has 0 aromatic rings. The van der Waals surface area contributed by atoms with Crippen molar-refractivity contribution in [2.45, 2.75) is 19.3 Å². The molecule has 0 aromatic carbocycles. The van der Waals surface area contributed by atoms with E-state index in [4.69, 9.17) is 5.73 Å². The van der Waals surface area contributed by atoms with Crippen molar-refractivity contribution in [3.8, 4) is 0 Å². The van der Waals surface area contributed by atoms with Gasteiger partial charge in [0.25, 0.3) is 0 Å². The molecule has 59 valence electrons. The molecular formula is C7H15N2O. The molecule has 3 nitrogen and oxygen atoms in total. The SMILES string of the molecule is [CH2]CCCC(=O)NCCN. The fourth-order valence-corrected chi connectivity index (χ4v) is 0.586. The lowest BCUT2D eigenvalue weighted by Gasteiger charge is -2.00. The number of amides is 1. The van der Waals surface area contributed by atoms with Crippen LogP contribution in [0.4, 0.5) is 0 Å². The van der Waals surface area contributed by atoms with Gasteiger partial charge in [-0.1, -0.05) is 13.3 Å². The fourth-order valence-electron chi connectivity index (χ4n) is 0.586. The molecule has 0 aliphatic heterocycles. The summed E-state index contributed by atoms with van der Waals surface area (Å²) in [7, 11) is 0. The van der Waals surface area contributed by atoms with Gasteiger partial charge in [-0.15, -0.1) is 0 Å². The van der Waals surface area contributed by atoms with E-state index in [2.05, 4.69) is 12.2 Å². The molecule has 0 bridgehead atoms. The Balaban J connectivity index is 3.09. The van der Waals surface area contributed by atoms with Gasteiger partial charge in [0, 0.05) is 19.5 Å². The van der Waals surface area contributed by atoms with Crippen LogP contribution >= 0.6 is 0 Å². The van der Waals surface area contributed by atoms with Crippen LogP contribution in [0.5, 0.6) is 0 Å². The number of nitrogens with one attached hydrogen (secondary N) is 1. The van der Waals surface area contributed by atoms with Crippen molar-refractivity contribution in [1.29, 1.82) is 0 Å². The normalized spacial score (nSPS) is 9.40. The van der Waals surface area contributed by atoms with Crippen LogP contribution in [0, 0.1) is 6.92 Å². The van der Waals surface area contributed by atoms with Crippen LogP contribution in [-0.4, -0.2) is 19.0 Å². The van der Waals surface area contributed by atoms with Gasteiger partial charge in [-0.05, 0) is 6.42 Å². The Morgan fingerprint density at radius 3 is 2.80 bits per heavy atom. The zero-order valence-electron chi connectivity index (χ0n) is 6.23. The maximum absolute atomic E-state index is 10.8. The number of hydrogen-bond donors (Lipinski definition) is 2. The highest BCUT2D eigenvalue weighted by molar-refractivity contribution is 5.75. The quantitative estimate of drug-likeness (QED) is 0.572. The summed E-state index contributed by atoms with van der Waals surface area (Å²) in [4.78, 5) is 10.8. The highest BCUT2D eigenvalue weighted by atomic mass is 16.1. The monoisotopic (exact) mass is 143 g/mol. The highest BCUT2D eigenvalue weighted by Gasteiger charge is 1.96. The standard InChI is InChI=1S/C7H15N2O/c1-2-3-4-7(10)9-6-5-8/h1-6,8H2,(H,9,10). The molecule has 0 saturated heterocycles. The molecule has 0 atom stereocenters. The Bertz CT molecular complexity index is 83.6. The van der Waals surface area contributed by atoms with Crippen molar-refractivity contribution in [1.82, 2.24) is 5.32 Å². The minimum Gasteiger partial charge on any atom is -0.355 e. The fraction of sp³-hybridized carbons (Fsp3) is 0.714. The molecular weight excluding hydrogens is 128 g/mol. The summed E-state index contributed by atoms with van der Waals surface area (Å²) in [6.45, 7) is 4.72. The maximum atomic E-state index is 10.8. The molecule has 10 heavy (non-hydrogen) atoms. The first-order chi connectivity index (χ1) is 4.81. The number of nitrogens with two attached hydrogens (primary N) is 1. The molecule has 1 amide bonds. The van der Waals surface area contributed by atoms with Gasteiger partial charge in [-0.25, -0.2) is 0 Å². The largest absolute Gasteiger partial charge is 0.355 e. The first-order valence-electron chi connectivity index (χ1n) is 3.57. The second kappa shape index (κ2) is 6.55. The molecule has 0 aliphatic rings. The minimum atomic E-state index is 0.0779. The molecule has 0 unspecified atom stereocenters. The average Bonchev–Trinajstić information content (AvgIpc) is 1.97. The van der Waals surface area contributed by atoms with Crippen molar-refractivity contribution in [3.63, 3.8) is 0 Å². The Labute approximate surface area is 62.0 Å². The Morgan fingerprint density at radius 1 is 1.60 bits per heavy atom. The van der Waals surface area contributed by atoms with Gasteiger partial charge in [0.2, 0.25) is 5.91 Å². The predicted molar refractivity (Wildman–Crippen MR) is 41.3 cm³/mol. The van der Waals surface area contributed by atoms with E-state index in [0.29, 0.717) is 19.5 Å². The molecule has 0 fully saturated rings. The van der Waals surface area contributed by atoms with E-state index in [1.807, 2.05) is 0 Å². The van der Waals surface area contributed by atoms with Crippen molar-refractivity contribution in [3.05, 3.63) is 6.92 Å². The molecule has 0 aromatic heterocycles. The van der Waals surface area contributed by atoms with E-state index in [0.717, 1.165) is 12.8 Å². The second-order valence-corrected chi connectivity index (χ2v) is 2.10. The van der Waals surface area contributed by atoms with Gasteiger partial charge < -0.3 is 11.1 Å². The van der Waals surface area contributed by atoms with Gasteiger partial charge in [-0.3, -0.25) is 4.79 Å². The van der Waals surface area contributed by atoms with E-state index < -0.39 is 0 Å². The first-order valence-corrected chi connectivity index (χ1v) is 3.57. The molecule has 0 aliphatic carbocycles. The Kier molecular flexibility index (Phi) is 6.18. The summed E-state index contributed by atoms with van der Waals surface area (Å²) in [6.07, 6.45) is 2.25. The van der Waals surface area contributed by atoms with Crippen LogP contribution in [-0.2, 0) is 4.79 Å². The van der Waals surface area contributed by atoms with E-state index in [1.165, 1.54) is 0 Å². The summed E-state index contributed by atoms with van der Waals surface area (Å²) < 4.78 is 0. The van der Waals surface area contributed by atoms with Gasteiger partial charge in [0.15, 0.2) is 0 Å². The van der Waals surface area contributed by atoms with Crippen LogP contribution in [0.25, 0.3) is 0 Å². The molecule has 3 heteroatoms. The van der Waals surface area contributed by atoms with Gasteiger partial charge >= 0.3 is 0 Å². The number of carbonyl (C=O) groups excluding carboxylic acids is 1. The molecule has 0 saturated carbocycles. The van der Waals surface area contributed by atoms with Crippen molar-refractivity contribution in [2.75, 3.05) is 13.1 Å². The van der Waals surface area contributed by atoms with E-state index >= 15 is 0 Å². The van der Waals surface area contributed by atoms with Crippen LogP contribution in [0.2, 0.25) is 0 Å². The topological polar surface area (TPSA) is 55.1 Å². The van der Waals surface area contributed by atoms with E-state index in [1.54, 1.807) is 0 Å². The van der Waals surface area contributed by atoms with Crippen LogP contribution < -0.4 is 11.1 Å². The Hall–Kier alpha value is -0.570. The lowest BCUT2D eigenvalue weighted by atomic mass is 10.2. The summed E-state index contributed by atoms with van der Waals surface area (Å²) in [5, 5.41) is 2.68. The zero-order chi connectivity index (χ0) is 7.82. The molecule has 0 heterocycles. The van der Waals surface area contributed by atoms with E-state index in [-0.39, 0.29) is 5.91 Å². The third-order valence-electron chi connectivity index (χ3n) is 1.12. The molecule has 3 N–H and O–H groups in total. The summed E-state index contributed by atoms with van der Waals surface area (Å²) >= 11 is 0. The van der Waals surface area contributed by atoms with Gasteiger partial charge in [0.1, 0.15) is 0 Å². The number of hydrogen-bond acceptors (Lipinski definition) is 2. The minimum absolute atomic E-state index is 0.0779. The maximum Gasteiger partial charge on any atom is 0.220 e. The number of unbranched alkanes of at least 4 members (excludes halogenated alkanes) is 1. The molecule has 0 rings (SSSR count). The van der Waals surface area contributed by atoms with E-state index in [9.17, 15) is 4.79 Å². The summed E-state index contributed by atoms with van der Waals surface area (Å²) in [5.74, 6) is 0.0779. The number of rotatable bonds is 5. The van der Waals surface area contributed by atoms with Crippen LogP contribution in [0.15, 0.2) is 0 Å². The lowest BCUT2D eigenvalue weighted by molar-refractivity contribution is -0.121. The predicted octanol–water partition coefficient (Wildman–Crippen LogP) is 0.0657. The summed E-state index contributed by atoms with van der Waals surface area (Å²) in [5.41, 5.74) is 5.18. The first kappa shape index (κ1) is 9.43. The van der Waals surface area contributed by atoms with Gasteiger partial charge in [-0.2, -0.15) is 0 Å². The smallest absolute Gasteiger partial charge is 0.220 e. The van der Waals surface area contributed by atoms with Crippen molar-refractivity contribution < 1.29 is 4.79 Å². The number of carbonyl (C=O) groups is 1. The van der Waals surface area contributed by atoms with Crippen LogP contribution in [0.3, 0.4) is 0 Å². The third-order valence-corrected chi connectivity index (χ3v) is 1.12. The summed E-state index contributed by atoms with van der Waals surface area (Å²) in [6, 6.07) is 0. The molecule has 0 spiro atoms. The highest BCUT2D eigenvalue weighted by Crippen LogP contribution is 1.91. The third kappa shape index (κ3) is 5.56. The van der Waals surface area contributed by atoms with Gasteiger partial charge in [0.05, 0.1) is 0 Å². The van der Waals surface area contributed by atoms with Crippen LogP contribution in [0.1, 0.15) is 19.3 Å². The van der Waals surface area contributed by atoms with Crippen molar-refractivity contribution >= 4 is 5.91 Å². The average molecular weight is 143 g/mol. The second-order valence-electron chi connectivity index (χ2n) is 2.10. The van der Waals surface area contributed by atoms with Crippen molar-refractivity contribution in [2.24, 2.45) is 5.73 Å². The lowest BCUT2D eigenvalue weighted by Crippen LogP contribution is -2.28.